The van der Waals surface area contributed by atoms with E-state index in [1.807, 2.05) is 24.3 Å². The predicted molar refractivity (Wildman–Crippen MR) is 79.6 cm³/mol. The van der Waals surface area contributed by atoms with Gasteiger partial charge in [0.1, 0.15) is 5.82 Å². The van der Waals surface area contributed by atoms with E-state index in [1.54, 1.807) is 24.3 Å². The lowest BCUT2D eigenvalue weighted by Crippen LogP contribution is -2.23. The Balaban J connectivity index is 1.67. The maximum Gasteiger partial charge on any atom is 0.251 e. The number of nitrogens with one attached hydrogen (secondary N) is 2. The molecule has 2 aromatic carbocycles. The molecule has 1 amide bonds. The van der Waals surface area contributed by atoms with E-state index in [2.05, 4.69) is 15.3 Å². The normalized spacial score (nSPS) is 10.7. The number of imidazole rings is 1. The molecule has 21 heavy (non-hydrogen) atoms. The van der Waals surface area contributed by atoms with Crippen LogP contribution in [0.15, 0.2) is 48.5 Å². The molecule has 0 atom stereocenters. The Hall–Kier alpha value is -2.66. The van der Waals surface area contributed by atoms with Crippen molar-refractivity contribution in [1.82, 2.24) is 15.3 Å². The van der Waals surface area contributed by atoms with Crippen molar-refractivity contribution in [3.63, 3.8) is 0 Å². The number of aliphatic hydroxyl groups is 1. The molecule has 0 fully saturated rings. The highest BCUT2D eigenvalue weighted by Crippen LogP contribution is 2.10. The Bertz CT molecular complexity index is 730. The lowest BCUT2D eigenvalue weighted by atomic mass is 10.1. The summed E-state index contributed by atoms with van der Waals surface area (Å²) in [5.41, 5.74) is 3.18. The van der Waals surface area contributed by atoms with E-state index in [-0.39, 0.29) is 12.5 Å². The summed E-state index contributed by atoms with van der Waals surface area (Å²) in [6, 6.07) is 14.6. The number of benzene rings is 2. The average molecular weight is 281 g/mol. The first-order chi connectivity index (χ1) is 10.3. The minimum atomic E-state index is -0.167. The highest BCUT2D eigenvalue weighted by atomic mass is 16.3. The van der Waals surface area contributed by atoms with E-state index in [1.165, 1.54) is 0 Å². The van der Waals surface area contributed by atoms with Crippen LogP contribution in [0, 0.1) is 0 Å². The number of amides is 1. The Morgan fingerprint density at radius 1 is 1.14 bits per heavy atom. The van der Waals surface area contributed by atoms with Gasteiger partial charge >= 0.3 is 0 Å². The molecule has 5 nitrogen and oxygen atoms in total. The summed E-state index contributed by atoms with van der Waals surface area (Å²) in [6.07, 6.45) is 0. The monoisotopic (exact) mass is 281 g/mol. The van der Waals surface area contributed by atoms with E-state index in [0.717, 1.165) is 22.4 Å². The summed E-state index contributed by atoms with van der Waals surface area (Å²) < 4.78 is 0. The van der Waals surface area contributed by atoms with Gasteiger partial charge in [-0.15, -0.1) is 0 Å². The SMILES string of the molecule is O=C(NCc1nc2ccccc2[nH]1)c1ccc(CO)cc1. The molecule has 1 heterocycles. The van der Waals surface area contributed by atoms with Crippen LogP contribution in [-0.2, 0) is 13.2 Å². The molecule has 5 heteroatoms. The van der Waals surface area contributed by atoms with Crippen molar-refractivity contribution in [2.24, 2.45) is 0 Å². The summed E-state index contributed by atoms with van der Waals surface area (Å²) in [4.78, 5) is 19.6. The van der Waals surface area contributed by atoms with Crippen molar-refractivity contribution >= 4 is 16.9 Å². The summed E-state index contributed by atoms with van der Waals surface area (Å²) in [5, 5.41) is 11.8. The van der Waals surface area contributed by atoms with Crippen LogP contribution in [-0.4, -0.2) is 21.0 Å². The molecular formula is C16H15N3O2. The second-order valence-electron chi connectivity index (χ2n) is 4.74. The molecule has 1 aromatic heterocycles. The first-order valence-corrected chi connectivity index (χ1v) is 6.68. The van der Waals surface area contributed by atoms with Crippen molar-refractivity contribution in [3.05, 3.63) is 65.5 Å². The molecule has 106 valence electrons. The second kappa shape index (κ2) is 5.76. The van der Waals surface area contributed by atoms with Gasteiger partial charge < -0.3 is 15.4 Å². The van der Waals surface area contributed by atoms with Crippen molar-refractivity contribution in [3.8, 4) is 0 Å². The van der Waals surface area contributed by atoms with E-state index >= 15 is 0 Å². The Morgan fingerprint density at radius 2 is 1.90 bits per heavy atom. The second-order valence-corrected chi connectivity index (χ2v) is 4.74. The van der Waals surface area contributed by atoms with Gasteiger partial charge in [-0.3, -0.25) is 4.79 Å². The van der Waals surface area contributed by atoms with Crippen molar-refractivity contribution < 1.29 is 9.90 Å². The summed E-state index contributed by atoms with van der Waals surface area (Å²) in [5.74, 6) is 0.552. The van der Waals surface area contributed by atoms with E-state index in [9.17, 15) is 4.79 Å². The predicted octanol–water partition coefficient (Wildman–Crippen LogP) is 1.99. The Morgan fingerprint density at radius 3 is 2.62 bits per heavy atom. The average Bonchev–Trinajstić information content (AvgIpc) is 2.95. The molecule has 0 saturated carbocycles. The number of fused-ring (bicyclic) bond motifs is 1. The maximum atomic E-state index is 12.0. The number of nitrogens with zero attached hydrogens (tertiary/aromatic N) is 1. The van der Waals surface area contributed by atoms with Crippen LogP contribution in [0.3, 0.4) is 0 Å². The van der Waals surface area contributed by atoms with Crippen LogP contribution in [0.2, 0.25) is 0 Å². The largest absolute Gasteiger partial charge is 0.392 e. The number of aliphatic hydroxyl groups excluding tert-OH is 1. The van der Waals surface area contributed by atoms with Crippen molar-refractivity contribution in [1.29, 1.82) is 0 Å². The van der Waals surface area contributed by atoms with Crippen molar-refractivity contribution in [2.45, 2.75) is 13.2 Å². The van der Waals surface area contributed by atoms with Crippen LogP contribution in [0.25, 0.3) is 11.0 Å². The standard InChI is InChI=1S/C16H15N3O2/c20-10-11-5-7-12(8-6-11)16(21)17-9-15-18-13-3-1-2-4-14(13)19-15/h1-8,20H,9-10H2,(H,17,21)(H,18,19). The van der Waals surface area contributed by atoms with Crippen molar-refractivity contribution in [2.75, 3.05) is 0 Å². The quantitative estimate of drug-likeness (QED) is 0.684. The van der Waals surface area contributed by atoms with Crippen LogP contribution in [0.5, 0.6) is 0 Å². The molecule has 0 radical (unpaired) electrons. The number of para-hydroxylation sites is 2. The zero-order chi connectivity index (χ0) is 14.7. The molecule has 3 rings (SSSR count). The van der Waals surface area contributed by atoms with Crippen LogP contribution in [0.4, 0.5) is 0 Å². The number of carbonyl (C=O) groups is 1. The fourth-order valence-corrected chi connectivity index (χ4v) is 2.12. The zero-order valence-electron chi connectivity index (χ0n) is 11.3. The molecule has 0 aliphatic heterocycles. The summed E-state index contributed by atoms with van der Waals surface area (Å²) >= 11 is 0. The number of hydrogen-bond donors (Lipinski definition) is 3. The van der Waals surface area contributed by atoms with Gasteiger partial charge in [-0.2, -0.15) is 0 Å². The van der Waals surface area contributed by atoms with Gasteiger partial charge in [0, 0.05) is 5.56 Å². The Kier molecular flexibility index (Phi) is 3.66. The smallest absolute Gasteiger partial charge is 0.251 e. The highest BCUT2D eigenvalue weighted by Gasteiger charge is 2.07. The van der Waals surface area contributed by atoms with Gasteiger partial charge in [-0.1, -0.05) is 24.3 Å². The third-order valence-corrected chi connectivity index (χ3v) is 3.25. The number of aromatic nitrogens is 2. The molecule has 0 unspecified atom stereocenters. The third-order valence-electron chi connectivity index (χ3n) is 3.25. The molecule has 3 aromatic rings. The summed E-state index contributed by atoms with van der Waals surface area (Å²) in [7, 11) is 0. The molecule has 0 bridgehead atoms. The lowest BCUT2D eigenvalue weighted by Gasteiger charge is -2.04. The fourth-order valence-electron chi connectivity index (χ4n) is 2.12. The number of rotatable bonds is 4. The topological polar surface area (TPSA) is 78.0 Å². The van der Waals surface area contributed by atoms with E-state index in [4.69, 9.17) is 5.11 Å². The van der Waals surface area contributed by atoms with Gasteiger partial charge in [0.15, 0.2) is 0 Å². The molecular weight excluding hydrogens is 266 g/mol. The minimum Gasteiger partial charge on any atom is -0.392 e. The molecule has 0 aliphatic rings. The van der Waals surface area contributed by atoms with Crippen LogP contribution in [0.1, 0.15) is 21.7 Å². The van der Waals surface area contributed by atoms with Gasteiger partial charge in [0.25, 0.3) is 5.91 Å². The highest BCUT2D eigenvalue weighted by molar-refractivity contribution is 5.94. The van der Waals surface area contributed by atoms with Gasteiger partial charge in [0.05, 0.1) is 24.2 Å². The van der Waals surface area contributed by atoms with Crippen LogP contribution >= 0.6 is 0 Å². The van der Waals surface area contributed by atoms with Crippen LogP contribution < -0.4 is 5.32 Å². The first-order valence-electron chi connectivity index (χ1n) is 6.68. The van der Waals surface area contributed by atoms with E-state index in [0.29, 0.717) is 12.1 Å². The summed E-state index contributed by atoms with van der Waals surface area (Å²) in [6.45, 7) is 0.316. The number of carbonyl (C=O) groups excluding carboxylic acids is 1. The maximum absolute atomic E-state index is 12.0. The van der Waals surface area contributed by atoms with Gasteiger partial charge in [-0.25, -0.2) is 4.98 Å². The van der Waals surface area contributed by atoms with Gasteiger partial charge in [0.2, 0.25) is 0 Å². The molecule has 0 aliphatic carbocycles. The van der Waals surface area contributed by atoms with Gasteiger partial charge in [-0.05, 0) is 29.8 Å². The third kappa shape index (κ3) is 2.93. The number of aromatic amines is 1. The molecule has 0 spiro atoms. The molecule has 0 saturated heterocycles. The Labute approximate surface area is 121 Å². The van der Waals surface area contributed by atoms with E-state index < -0.39 is 0 Å². The number of H-pyrrole nitrogens is 1. The fraction of sp³-hybridized carbons (Fsp3) is 0.125. The number of hydrogen-bond acceptors (Lipinski definition) is 3. The first kappa shape index (κ1) is 13.3. The minimum absolute atomic E-state index is 0.0269. The zero-order valence-corrected chi connectivity index (χ0v) is 11.3. The molecule has 3 N–H and O–H groups in total. The lowest BCUT2D eigenvalue weighted by molar-refractivity contribution is 0.0950.